The first-order valence-electron chi connectivity index (χ1n) is 7.52. The molecule has 0 aromatic carbocycles. The normalized spacial score (nSPS) is 22.9. The highest BCUT2D eigenvalue weighted by atomic mass is 79.9. The lowest BCUT2D eigenvalue weighted by Crippen LogP contribution is -2.37. The van der Waals surface area contributed by atoms with Gasteiger partial charge in [0, 0.05) is 23.4 Å². The zero-order valence-electron chi connectivity index (χ0n) is 12.2. The summed E-state index contributed by atoms with van der Waals surface area (Å²) in [5.74, 6) is 1.17. The van der Waals surface area contributed by atoms with Gasteiger partial charge in [0.15, 0.2) is 0 Å². The van der Waals surface area contributed by atoms with Crippen molar-refractivity contribution in [2.45, 2.75) is 52.0 Å². The minimum atomic E-state index is 0.442. The standard InChI is InChI=1S/C16H21BrN2O/c1-3-11-10-19(13(4-2)16(17)18-11)14-6-5-7-15-12(14)8-9-20-15/h8-9,14H,3-7,10H2,1-2H3. The van der Waals surface area contributed by atoms with E-state index >= 15 is 0 Å². The highest BCUT2D eigenvalue weighted by Gasteiger charge is 2.31. The maximum absolute atomic E-state index is 5.64. The van der Waals surface area contributed by atoms with Crippen LogP contribution in [-0.2, 0) is 6.42 Å². The fraction of sp³-hybridized carbons (Fsp3) is 0.562. The zero-order chi connectivity index (χ0) is 14.1. The number of fused-ring (bicyclic) bond motifs is 1. The summed E-state index contributed by atoms with van der Waals surface area (Å²) in [6.07, 6.45) is 7.33. The van der Waals surface area contributed by atoms with E-state index in [4.69, 9.17) is 4.42 Å². The Kier molecular flexibility index (Phi) is 4.01. The summed E-state index contributed by atoms with van der Waals surface area (Å²) in [7, 11) is 0. The minimum Gasteiger partial charge on any atom is -0.469 e. The summed E-state index contributed by atoms with van der Waals surface area (Å²) in [5, 5.41) is 0. The SMILES string of the molecule is CCC1=NC(Br)=C(CC)N(C2CCCc3occc32)C1. The van der Waals surface area contributed by atoms with Crippen molar-refractivity contribution in [2.24, 2.45) is 4.99 Å². The van der Waals surface area contributed by atoms with Gasteiger partial charge in [-0.1, -0.05) is 13.8 Å². The van der Waals surface area contributed by atoms with Gasteiger partial charge in [0.1, 0.15) is 10.4 Å². The molecule has 3 rings (SSSR count). The van der Waals surface area contributed by atoms with Gasteiger partial charge >= 0.3 is 0 Å². The Morgan fingerprint density at radius 1 is 1.40 bits per heavy atom. The minimum absolute atomic E-state index is 0.442. The third-order valence-corrected chi connectivity index (χ3v) is 4.97. The number of halogens is 1. The number of aryl methyl sites for hydroxylation is 1. The Morgan fingerprint density at radius 2 is 2.25 bits per heavy atom. The van der Waals surface area contributed by atoms with E-state index in [2.05, 4.69) is 45.7 Å². The van der Waals surface area contributed by atoms with E-state index in [0.717, 1.165) is 30.4 Å². The molecule has 108 valence electrons. The second-order valence-corrected chi connectivity index (χ2v) is 6.21. The van der Waals surface area contributed by atoms with Crippen molar-refractivity contribution in [1.29, 1.82) is 0 Å². The Morgan fingerprint density at radius 3 is 3.00 bits per heavy atom. The lowest BCUT2D eigenvalue weighted by atomic mass is 9.91. The number of nitrogens with zero attached hydrogens (tertiary/aromatic N) is 2. The van der Waals surface area contributed by atoms with Gasteiger partial charge in [0.25, 0.3) is 0 Å². The first-order chi connectivity index (χ1) is 9.74. The summed E-state index contributed by atoms with van der Waals surface area (Å²) in [6, 6.07) is 2.59. The van der Waals surface area contributed by atoms with Gasteiger partial charge in [0.2, 0.25) is 0 Å². The van der Waals surface area contributed by atoms with Crippen LogP contribution >= 0.6 is 15.9 Å². The molecule has 1 aromatic heterocycles. The van der Waals surface area contributed by atoms with Crippen molar-refractivity contribution in [1.82, 2.24) is 4.90 Å². The van der Waals surface area contributed by atoms with Crippen molar-refractivity contribution in [3.63, 3.8) is 0 Å². The highest BCUT2D eigenvalue weighted by molar-refractivity contribution is 9.11. The van der Waals surface area contributed by atoms with Crippen LogP contribution in [-0.4, -0.2) is 17.2 Å². The molecule has 3 nitrogen and oxygen atoms in total. The Hall–Kier alpha value is -1.03. The Balaban J connectivity index is 1.97. The van der Waals surface area contributed by atoms with Crippen molar-refractivity contribution in [2.75, 3.05) is 6.54 Å². The van der Waals surface area contributed by atoms with E-state index < -0.39 is 0 Å². The average Bonchev–Trinajstić information content (AvgIpc) is 2.94. The van der Waals surface area contributed by atoms with Crippen LogP contribution in [0.2, 0.25) is 0 Å². The van der Waals surface area contributed by atoms with E-state index in [1.165, 1.54) is 35.6 Å². The quantitative estimate of drug-likeness (QED) is 0.742. The third-order valence-electron chi connectivity index (χ3n) is 4.33. The lowest BCUT2D eigenvalue weighted by Gasteiger charge is -2.39. The summed E-state index contributed by atoms with van der Waals surface area (Å²) in [6.45, 7) is 5.33. The smallest absolute Gasteiger partial charge is 0.125 e. The van der Waals surface area contributed by atoms with Crippen molar-refractivity contribution in [3.8, 4) is 0 Å². The molecule has 1 aromatic rings. The maximum atomic E-state index is 5.64. The van der Waals surface area contributed by atoms with Gasteiger partial charge in [-0.05, 0) is 47.7 Å². The van der Waals surface area contributed by atoms with E-state index in [0.29, 0.717) is 6.04 Å². The van der Waals surface area contributed by atoms with Gasteiger partial charge < -0.3 is 9.32 Å². The zero-order valence-corrected chi connectivity index (χ0v) is 13.7. The van der Waals surface area contributed by atoms with E-state index in [1.54, 1.807) is 0 Å². The number of furan rings is 1. The van der Waals surface area contributed by atoms with Crippen molar-refractivity contribution in [3.05, 3.63) is 34.0 Å². The monoisotopic (exact) mass is 336 g/mol. The van der Waals surface area contributed by atoms with Gasteiger partial charge in [0.05, 0.1) is 18.8 Å². The molecular weight excluding hydrogens is 316 g/mol. The maximum Gasteiger partial charge on any atom is 0.125 e. The highest BCUT2D eigenvalue weighted by Crippen LogP contribution is 2.40. The third kappa shape index (κ3) is 2.34. The van der Waals surface area contributed by atoms with Crippen LogP contribution in [0.1, 0.15) is 56.9 Å². The summed E-state index contributed by atoms with van der Waals surface area (Å²) >= 11 is 3.66. The van der Waals surface area contributed by atoms with Gasteiger partial charge in [-0.2, -0.15) is 0 Å². The van der Waals surface area contributed by atoms with Crippen molar-refractivity contribution < 1.29 is 4.42 Å². The molecular formula is C16H21BrN2O. The van der Waals surface area contributed by atoms with Crippen LogP contribution in [0.25, 0.3) is 0 Å². The number of hydrogen-bond donors (Lipinski definition) is 0. The lowest BCUT2D eigenvalue weighted by molar-refractivity contribution is 0.241. The fourth-order valence-electron chi connectivity index (χ4n) is 3.27. The second-order valence-electron chi connectivity index (χ2n) is 5.46. The number of hydrogen-bond acceptors (Lipinski definition) is 3. The van der Waals surface area contributed by atoms with Gasteiger partial charge in [-0.25, -0.2) is 4.99 Å². The largest absolute Gasteiger partial charge is 0.469 e. The van der Waals surface area contributed by atoms with Gasteiger partial charge in [-0.3, -0.25) is 0 Å². The predicted molar refractivity (Wildman–Crippen MR) is 85.1 cm³/mol. The van der Waals surface area contributed by atoms with Gasteiger partial charge in [-0.15, -0.1) is 0 Å². The molecule has 0 amide bonds. The molecule has 4 heteroatoms. The van der Waals surface area contributed by atoms with Crippen LogP contribution in [0.3, 0.4) is 0 Å². The molecule has 1 atom stereocenters. The molecule has 0 N–H and O–H groups in total. The number of aliphatic imine (C=N–C) groups is 1. The van der Waals surface area contributed by atoms with Crippen LogP contribution in [0, 0.1) is 0 Å². The first kappa shape index (κ1) is 13.9. The molecule has 0 saturated carbocycles. The molecule has 2 heterocycles. The molecule has 0 fully saturated rings. The average molecular weight is 337 g/mol. The van der Waals surface area contributed by atoms with Crippen molar-refractivity contribution >= 4 is 21.6 Å². The fourth-order valence-corrected chi connectivity index (χ4v) is 4.03. The molecule has 1 unspecified atom stereocenters. The van der Waals surface area contributed by atoms with E-state index in [1.807, 2.05) is 6.26 Å². The Bertz CT molecular complexity index is 559. The number of allylic oxidation sites excluding steroid dienone is 1. The topological polar surface area (TPSA) is 28.7 Å². The molecule has 0 bridgehead atoms. The molecule has 2 aliphatic rings. The summed E-state index contributed by atoms with van der Waals surface area (Å²) in [5.41, 5.74) is 3.95. The van der Waals surface area contributed by atoms with E-state index in [-0.39, 0.29) is 0 Å². The molecule has 1 aliphatic heterocycles. The Labute approximate surface area is 128 Å². The molecule has 0 saturated heterocycles. The molecule has 20 heavy (non-hydrogen) atoms. The second kappa shape index (κ2) is 5.76. The van der Waals surface area contributed by atoms with Crippen LogP contribution in [0.15, 0.2) is 32.0 Å². The molecule has 0 spiro atoms. The first-order valence-corrected chi connectivity index (χ1v) is 8.31. The molecule has 0 radical (unpaired) electrons. The summed E-state index contributed by atoms with van der Waals surface area (Å²) in [4.78, 5) is 7.22. The van der Waals surface area contributed by atoms with Crippen LogP contribution in [0.5, 0.6) is 0 Å². The van der Waals surface area contributed by atoms with Crippen LogP contribution in [0.4, 0.5) is 0 Å². The summed E-state index contributed by atoms with van der Waals surface area (Å²) < 4.78 is 6.65. The predicted octanol–water partition coefficient (Wildman–Crippen LogP) is 4.80. The number of rotatable bonds is 3. The van der Waals surface area contributed by atoms with Crippen LogP contribution < -0.4 is 0 Å². The van der Waals surface area contributed by atoms with E-state index in [9.17, 15) is 0 Å². The molecule has 1 aliphatic carbocycles.